The highest BCUT2D eigenvalue weighted by molar-refractivity contribution is 5.68. The number of carbonyl (C=O) groups excluding carboxylic acids is 1. The molecule has 1 rings (SSSR count). The number of hydrogen-bond donors (Lipinski definition) is 0. The molecule has 5 heteroatoms. The molecule has 1 aliphatic rings. The van der Waals surface area contributed by atoms with Gasteiger partial charge < -0.3 is 14.4 Å². The Kier molecular flexibility index (Phi) is 3.99. The van der Waals surface area contributed by atoms with Crippen LogP contribution < -0.4 is 0 Å². The number of ether oxygens (including phenoxy) is 2. The van der Waals surface area contributed by atoms with Crippen molar-refractivity contribution in [1.82, 2.24) is 4.90 Å². The fourth-order valence-electron chi connectivity index (χ4n) is 1.56. The first-order valence-electron chi connectivity index (χ1n) is 5.45. The topological polar surface area (TPSA) is 62.6 Å². The highest BCUT2D eigenvalue weighted by Crippen LogP contribution is 2.16. The van der Waals surface area contributed by atoms with Crippen molar-refractivity contribution in [3.8, 4) is 6.26 Å². The quantitative estimate of drug-likeness (QED) is 0.640. The van der Waals surface area contributed by atoms with E-state index < -0.39 is 5.60 Å². The molecule has 0 N–H and O–H groups in total. The van der Waals surface area contributed by atoms with Gasteiger partial charge in [-0.3, -0.25) is 0 Å². The maximum Gasteiger partial charge on any atom is 0.410 e. The predicted molar refractivity (Wildman–Crippen MR) is 57.5 cm³/mol. The van der Waals surface area contributed by atoms with E-state index in [2.05, 4.69) is 0 Å². The minimum absolute atomic E-state index is 0.0521. The number of nitriles is 1. The summed E-state index contributed by atoms with van der Waals surface area (Å²) in [6.45, 7) is 6.70. The molecule has 1 saturated heterocycles. The fourth-order valence-corrected chi connectivity index (χ4v) is 1.56. The van der Waals surface area contributed by atoms with Crippen LogP contribution in [-0.4, -0.2) is 35.8 Å². The Morgan fingerprint density at radius 1 is 1.38 bits per heavy atom. The van der Waals surface area contributed by atoms with Gasteiger partial charge in [0, 0.05) is 25.9 Å². The zero-order valence-corrected chi connectivity index (χ0v) is 10.0. The summed E-state index contributed by atoms with van der Waals surface area (Å²) in [5, 5.41) is 8.37. The van der Waals surface area contributed by atoms with E-state index >= 15 is 0 Å². The van der Waals surface area contributed by atoms with Gasteiger partial charge in [-0.2, -0.15) is 5.26 Å². The molecule has 1 fully saturated rings. The van der Waals surface area contributed by atoms with E-state index in [9.17, 15) is 4.79 Å². The highest BCUT2D eigenvalue weighted by Gasteiger charge is 2.27. The molecule has 0 aliphatic carbocycles. The first kappa shape index (κ1) is 12.6. The second-order valence-corrected chi connectivity index (χ2v) is 4.88. The zero-order valence-electron chi connectivity index (χ0n) is 10.0. The molecule has 16 heavy (non-hydrogen) atoms. The molecule has 0 spiro atoms. The molecule has 0 aromatic heterocycles. The predicted octanol–water partition coefficient (Wildman–Crippen LogP) is 1.88. The highest BCUT2D eigenvalue weighted by atomic mass is 16.6. The van der Waals surface area contributed by atoms with Crippen LogP contribution in [0.25, 0.3) is 0 Å². The number of likely N-dealkylation sites (tertiary alicyclic amines) is 1. The lowest BCUT2D eigenvalue weighted by Gasteiger charge is -2.32. The summed E-state index contributed by atoms with van der Waals surface area (Å²) >= 11 is 0. The number of amides is 1. The molecule has 0 saturated carbocycles. The van der Waals surface area contributed by atoms with Crippen molar-refractivity contribution < 1.29 is 14.3 Å². The summed E-state index contributed by atoms with van der Waals surface area (Å²) in [4.78, 5) is 13.3. The second-order valence-electron chi connectivity index (χ2n) is 4.88. The molecule has 1 heterocycles. The van der Waals surface area contributed by atoms with Gasteiger partial charge in [0.25, 0.3) is 6.26 Å². The van der Waals surface area contributed by atoms with Crippen LogP contribution >= 0.6 is 0 Å². The largest absolute Gasteiger partial charge is 0.444 e. The fraction of sp³-hybridized carbons (Fsp3) is 0.818. The molecule has 1 amide bonds. The maximum absolute atomic E-state index is 11.7. The zero-order chi connectivity index (χ0) is 12.2. The summed E-state index contributed by atoms with van der Waals surface area (Å²) in [6, 6.07) is 0. The lowest BCUT2D eigenvalue weighted by Crippen LogP contribution is -2.43. The summed E-state index contributed by atoms with van der Waals surface area (Å²) in [5.41, 5.74) is -0.461. The van der Waals surface area contributed by atoms with Crippen LogP contribution in [0.2, 0.25) is 0 Å². The summed E-state index contributed by atoms with van der Waals surface area (Å²) < 4.78 is 10.1. The van der Waals surface area contributed by atoms with E-state index in [1.54, 1.807) is 11.2 Å². The molecular formula is C11H18N2O3. The number of carbonyl (C=O) groups is 1. The van der Waals surface area contributed by atoms with Gasteiger partial charge >= 0.3 is 6.09 Å². The van der Waals surface area contributed by atoms with Crippen LogP contribution in [0.1, 0.15) is 33.6 Å². The number of hydrogen-bond acceptors (Lipinski definition) is 4. The van der Waals surface area contributed by atoms with E-state index in [1.165, 1.54) is 0 Å². The van der Waals surface area contributed by atoms with E-state index in [0.717, 1.165) is 0 Å². The maximum atomic E-state index is 11.7. The molecule has 0 bridgehead atoms. The molecule has 0 atom stereocenters. The molecule has 0 aromatic rings. The Hall–Kier alpha value is -1.44. The summed E-state index contributed by atoms with van der Waals surface area (Å²) in [5.74, 6) is 0. The number of piperidine rings is 1. The van der Waals surface area contributed by atoms with Crippen LogP contribution in [-0.2, 0) is 9.47 Å². The van der Waals surface area contributed by atoms with Crippen molar-refractivity contribution in [3.05, 3.63) is 0 Å². The van der Waals surface area contributed by atoms with E-state index in [-0.39, 0.29) is 12.2 Å². The third-order valence-corrected chi connectivity index (χ3v) is 2.31. The third kappa shape index (κ3) is 3.97. The number of rotatable bonds is 1. The molecule has 90 valence electrons. The van der Waals surface area contributed by atoms with Crippen LogP contribution in [0.15, 0.2) is 0 Å². The van der Waals surface area contributed by atoms with Gasteiger partial charge in [0.2, 0.25) is 0 Å². The van der Waals surface area contributed by atoms with Crippen molar-refractivity contribution in [3.63, 3.8) is 0 Å². The Bertz CT molecular complexity index is 283. The van der Waals surface area contributed by atoms with Crippen LogP contribution in [0.3, 0.4) is 0 Å². The molecule has 5 nitrogen and oxygen atoms in total. The molecule has 0 aromatic carbocycles. The van der Waals surface area contributed by atoms with Crippen LogP contribution in [0.4, 0.5) is 4.79 Å². The van der Waals surface area contributed by atoms with Gasteiger partial charge in [-0.05, 0) is 20.8 Å². The monoisotopic (exact) mass is 226 g/mol. The van der Waals surface area contributed by atoms with E-state index in [0.29, 0.717) is 25.9 Å². The Morgan fingerprint density at radius 2 is 1.94 bits per heavy atom. The van der Waals surface area contributed by atoms with Crippen molar-refractivity contribution >= 4 is 6.09 Å². The minimum Gasteiger partial charge on any atom is -0.444 e. The average Bonchev–Trinajstić information content (AvgIpc) is 2.16. The van der Waals surface area contributed by atoms with E-state index in [1.807, 2.05) is 20.8 Å². The SMILES string of the molecule is CC(C)(C)OC(=O)N1CCC(OC#N)CC1. The van der Waals surface area contributed by atoms with Crippen molar-refractivity contribution in [2.45, 2.75) is 45.3 Å². The summed E-state index contributed by atoms with van der Waals surface area (Å²) in [6.07, 6.45) is 2.72. The van der Waals surface area contributed by atoms with Gasteiger partial charge in [-0.25, -0.2) is 4.79 Å². The van der Waals surface area contributed by atoms with Gasteiger partial charge in [0.15, 0.2) is 0 Å². The first-order valence-corrected chi connectivity index (χ1v) is 5.45. The minimum atomic E-state index is -0.461. The summed E-state index contributed by atoms with van der Waals surface area (Å²) in [7, 11) is 0. The van der Waals surface area contributed by atoms with Crippen LogP contribution in [0.5, 0.6) is 0 Å². The smallest absolute Gasteiger partial charge is 0.410 e. The Balaban J connectivity index is 2.37. The molecule has 0 radical (unpaired) electrons. The molecule has 1 aliphatic heterocycles. The van der Waals surface area contributed by atoms with Crippen molar-refractivity contribution in [1.29, 1.82) is 5.26 Å². The second kappa shape index (κ2) is 5.06. The Labute approximate surface area is 95.9 Å². The van der Waals surface area contributed by atoms with Crippen molar-refractivity contribution in [2.24, 2.45) is 0 Å². The van der Waals surface area contributed by atoms with E-state index in [4.69, 9.17) is 14.7 Å². The molecule has 0 unspecified atom stereocenters. The third-order valence-electron chi connectivity index (χ3n) is 2.31. The van der Waals surface area contributed by atoms with Gasteiger partial charge in [0.1, 0.15) is 11.7 Å². The first-order chi connectivity index (χ1) is 7.42. The van der Waals surface area contributed by atoms with Gasteiger partial charge in [-0.1, -0.05) is 0 Å². The van der Waals surface area contributed by atoms with Gasteiger partial charge in [0.05, 0.1) is 0 Å². The van der Waals surface area contributed by atoms with Crippen LogP contribution in [0, 0.1) is 11.5 Å². The Morgan fingerprint density at radius 3 is 2.38 bits per heavy atom. The lowest BCUT2D eigenvalue weighted by atomic mass is 10.1. The average molecular weight is 226 g/mol. The van der Waals surface area contributed by atoms with Crippen molar-refractivity contribution in [2.75, 3.05) is 13.1 Å². The normalized spacial score (nSPS) is 17.8. The standard InChI is InChI=1S/C11H18N2O3/c1-11(2,3)16-10(14)13-6-4-9(5-7-13)15-8-12/h9H,4-7H2,1-3H3. The lowest BCUT2D eigenvalue weighted by molar-refractivity contribution is 0.00947. The molecular weight excluding hydrogens is 208 g/mol. The van der Waals surface area contributed by atoms with Gasteiger partial charge in [-0.15, -0.1) is 0 Å². The number of nitrogens with zero attached hydrogens (tertiary/aromatic N) is 2.